The third kappa shape index (κ3) is 5.49. The number of hydrogen-bond acceptors (Lipinski definition) is 4. The molecule has 2 heterocycles. The summed E-state index contributed by atoms with van der Waals surface area (Å²) in [5, 5.41) is 10.5. The molecule has 2 aliphatic rings. The second kappa shape index (κ2) is 10.7. The molecule has 2 saturated heterocycles. The summed E-state index contributed by atoms with van der Waals surface area (Å²) in [5.74, 6) is 0.799. The third-order valence-corrected chi connectivity index (χ3v) is 8.17. The predicted molar refractivity (Wildman–Crippen MR) is 143 cm³/mol. The Morgan fingerprint density at radius 2 is 1.67 bits per heavy atom. The molecule has 1 atom stereocenters. The number of benzene rings is 3. The van der Waals surface area contributed by atoms with Crippen LogP contribution in [-0.4, -0.2) is 47.2 Å². The second-order valence-corrected chi connectivity index (χ2v) is 10.6. The van der Waals surface area contributed by atoms with Crippen LogP contribution in [0.25, 0.3) is 0 Å². The zero-order valence-corrected chi connectivity index (χ0v) is 21.6. The number of likely N-dealkylation sites (tertiary alicyclic amines) is 1. The number of ether oxygens (including phenoxy) is 1. The van der Waals surface area contributed by atoms with Gasteiger partial charge in [-0.3, -0.25) is 4.90 Å². The number of halogens is 2. The largest absolute Gasteiger partial charge is 0.508 e. The maximum atomic E-state index is 13.0. The molecule has 5 rings (SSSR count). The zero-order chi connectivity index (χ0) is 25.1. The van der Waals surface area contributed by atoms with E-state index in [0.717, 1.165) is 43.6 Å². The lowest BCUT2D eigenvalue weighted by atomic mass is 9.87. The van der Waals surface area contributed by atoms with Gasteiger partial charge in [-0.15, -0.1) is 0 Å². The molecule has 0 radical (unpaired) electrons. The molecule has 188 valence electrons. The number of hydrogen-bond donors (Lipinski definition) is 1. The van der Waals surface area contributed by atoms with E-state index in [1.165, 1.54) is 5.56 Å². The van der Waals surface area contributed by atoms with Gasteiger partial charge >= 0.3 is 6.09 Å². The van der Waals surface area contributed by atoms with Gasteiger partial charge in [-0.05, 0) is 72.8 Å². The van der Waals surface area contributed by atoms with E-state index in [0.29, 0.717) is 41.2 Å². The maximum absolute atomic E-state index is 13.0. The summed E-state index contributed by atoms with van der Waals surface area (Å²) in [4.78, 5) is 17.2. The SMILES string of the molecule is O=C1OC(CCN2CCC(c3ccc(O)cc3)CC2)(c2ccc(Cl)c(Cl)c2)CN1Cc1ccccc1. The van der Waals surface area contributed by atoms with Gasteiger partial charge in [-0.2, -0.15) is 0 Å². The fourth-order valence-electron chi connectivity index (χ4n) is 5.34. The first kappa shape index (κ1) is 24.9. The average Bonchev–Trinajstić information content (AvgIpc) is 3.22. The standard InChI is InChI=1S/C29H30Cl2N2O3/c30-26-11-8-24(18-27(26)31)29(20-33(28(35)36-29)19-21-4-2-1-3-5-21)14-17-32-15-12-23(13-16-32)22-6-9-25(34)10-7-22/h1-11,18,23,34H,12-17,19-20H2. The highest BCUT2D eigenvalue weighted by Crippen LogP contribution is 2.40. The van der Waals surface area contributed by atoms with Crippen molar-refractivity contribution in [3.63, 3.8) is 0 Å². The molecule has 2 fully saturated rings. The van der Waals surface area contributed by atoms with Crippen LogP contribution in [0.5, 0.6) is 5.75 Å². The number of nitrogens with zero attached hydrogens (tertiary/aromatic N) is 2. The number of cyclic esters (lactones) is 1. The number of phenolic OH excluding ortho intramolecular Hbond substituents is 1. The summed E-state index contributed by atoms with van der Waals surface area (Å²) in [6.07, 6.45) is 2.48. The van der Waals surface area contributed by atoms with E-state index in [2.05, 4.69) is 4.90 Å². The van der Waals surface area contributed by atoms with Crippen LogP contribution in [0.3, 0.4) is 0 Å². The van der Waals surface area contributed by atoms with Gasteiger partial charge in [0.2, 0.25) is 0 Å². The molecule has 3 aromatic carbocycles. The van der Waals surface area contributed by atoms with E-state index in [1.807, 2.05) is 54.6 Å². The minimum atomic E-state index is -0.784. The molecule has 7 heteroatoms. The summed E-state index contributed by atoms with van der Waals surface area (Å²) < 4.78 is 6.14. The summed E-state index contributed by atoms with van der Waals surface area (Å²) in [5.41, 5.74) is 2.44. The molecule has 1 unspecified atom stereocenters. The van der Waals surface area contributed by atoms with Crippen molar-refractivity contribution >= 4 is 29.3 Å². The number of carbonyl (C=O) groups is 1. The van der Waals surface area contributed by atoms with Gasteiger partial charge in [0.1, 0.15) is 5.75 Å². The molecular formula is C29H30Cl2N2O3. The molecule has 5 nitrogen and oxygen atoms in total. The third-order valence-electron chi connectivity index (χ3n) is 7.43. The van der Waals surface area contributed by atoms with Crippen molar-refractivity contribution in [3.05, 3.63) is 99.5 Å². The first-order chi connectivity index (χ1) is 17.4. The Morgan fingerprint density at radius 1 is 0.944 bits per heavy atom. The molecule has 1 N–H and O–H groups in total. The van der Waals surface area contributed by atoms with Crippen LogP contribution in [0.1, 0.15) is 41.9 Å². The first-order valence-corrected chi connectivity index (χ1v) is 13.2. The van der Waals surface area contributed by atoms with Crippen LogP contribution >= 0.6 is 23.2 Å². The normalized spacial score (nSPS) is 21.1. The summed E-state index contributed by atoms with van der Waals surface area (Å²) >= 11 is 12.6. The molecule has 0 spiro atoms. The van der Waals surface area contributed by atoms with Gasteiger partial charge in [-0.25, -0.2) is 4.79 Å². The van der Waals surface area contributed by atoms with Gasteiger partial charge < -0.3 is 14.7 Å². The lowest BCUT2D eigenvalue weighted by Crippen LogP contribution is -2.39. The van der Waals surface area contributed by atoms with Crippen LogP contribution in [-0.2, 0) is 16.9 Å². The molecule has 3 aromatic rings. The van der Waals surface area contributed by atoms with Gasteiger partial charge in [0.25, 0.3) is 0 Å². The van der Waals surface area contributed by atoms with Crippen molar-refractivity contribution in [1.82, 2.24) is 9.80 Å². The number of piperidine rings is 1. The van der Waals surface area contributed by atoms with E-state index < -0.39 is 5.60 Å². The molecular weight excluding hydrogens is 495 g/mol. The summed E-state index contributed by atoms with van der Waals surface area (Å²) in [6, 6.07) is 23.1. The Hall–Kier alpha value is -2.73. The highest BCUT2D eigenvalue weighted by Gasteiger charge is 2.46. The number of carbonyl (C=O) groups excluding carboxylic acids is 1. The maximum Gasteiger partial charge on any atom is 0.411 e. The van der Waals surface area contributed by atoms with E-state index in [-0.39, 0.29) is 6.09 Å². The smallest absolute Gasteiger partial charge is 0.411 e. The minimum Gasteiger partial charge on any atom is -0.508 e. The molecule has 0 aromatic heterocycles. The molecule has 1 amide bonds. The Balaban J connectivity index is 1.29. The van der Waals surface area contributed by atoms with Gasteiger partial charge in [0.15, 0.2) is 5.60 Å². The molecule has 0 aliphatic carbocycles. The van der Waals surface area contributed by atoms with Crippen molar-refractivity contribution < 1.29 is 14.6 Å². The minimum absolute atomic E-state index is 0.302. The van der Waals surface area contributed by atoms with Crippen molar-refractivity contribution in [2.45, 2.75) is 37.3 Å². The lowest BCUT2D eigenvalue weighted by molar-refractivity contribution is 0.0348. The van der Waals surface area contributed by atoms with Crippen LogP contribution in [0.15, 0.2) is 72.8 Å². The number of phenols is 1. The van der Waals surface area contributed by atoms with Gasteiger partial charge in [0, 0.05) is 19.5 Å². The van der Waals surface area contributed by atoms with Crippen LogP contribution in [0, 0.1) is 0 Å². The topological polar surface area (TPSA) is 53.0 Å². The fraction of sp³-hybridized carbons (Fsp3) is 0.345. The molecule has 36 heavy (non-hydrogen) atoms. The van der Waals surface area contributed by atoms with E-state index >= 15 is 0 Å². The highest BCUT2D eigenvalue weighted by atomic mass is 35.5. The second-order valence-electron chi connectivity index (χ2n) is 9.79. The Bertz CT molecular complexity index is 1200. The summed E-state index contributed by atoms with van der Waals surface area (Å²) in [6.45, 7) is 3.73. The molecule has 0 bridgehead atoms. The zero-order valence-electron chi connectivity index (χ0n) is 20.1. The number of rotatable bonds is 7. The monoisotopic (exact) mass is 524 g/mol. The number of aromatic hydroxyl groups is 1. The predicted octanol–water partition coefficient (Wildman–Crippen LogP) is 6.82. The van der Waals surface area contributed by atoms with Crippen molar-refractivity contribution in [1.29, 1.82) is 0 Å². The van der Waals surface area contributed by atoms with E-state index in [1.54, 1.807) is 23.1 Å². The summed E-state index contributed by atoms with van der Waals surface area (Å²) in [7, 11) is 0. The Kier molecular flexibility index (Phi) is 7.42. The quantitative estimate of drug-likeness (QED) is 0.368. The number of amides is 1. The van der Waals surface area contributed by atoms with E-state index in [9.17, 15) is 9.90 Å². The van der Waals surface area contributed by atoms with Crippen molar-refractivity contribution in [2.24, 2.45) is 0 Å². The molecule has 0 saturated carbocycles. The van der Waals surface area contributed by atoms with Crippen LogP contribution in [0.4, 0.5) is 4.79 Å². The molecule has 2 aliphatic heterocycles. The average molecular weight is 525 g/mol. The fourth-order valence-corrected chi connectivity index (χ4v) is 5.64. The van der Waals surface area contributed by atoms with E-state index in [4.69, 9.17) is 27.9 Å². The van der Waals surface area contributed by atoms with Gasteiger partial charge in [0.05, 0.1) is 16.6 Å². The van der Waals surface area contributed by atoms with Crippen LogP contribution in [0.2, 0.25) is 10.0 Å². The van der Waals surface area contributed by atoms with Gasteiger partial charge in [-0.1, -0.05) is 71.7 Å². The van der Waals surface area contributed by atoms with Crippen molar-refractivity contribution in [2.75, 3.05) is 26.2 Å². The van der Waals surface area contributed by atoms with Crippen molar-refractivity contribution in [3.8, 4) is 5.75 Å². The highest BCUT2D eigenvalue weighted by molar-refractivity contribution is 6.42. The van der Waals surface area contributed by atoms with Crippen LogP contribution < -0.4 is 0 Å². The Morgan fingerprint density at radius 3 is 2.36 bits per heavy atom. The first-order valence-electron chi connectivity index (χ1n) is 12.4. The Labute approximate surface area is 222 Å². The lowest BCUT2D eigenvalue weighted by Gasteiger charge is -2.35.